The normalized spacial score (nSPS) is 13.4. The Balaban J connectivity index is 1.61. The van der Waals surface area contributed by atoms with Gasteiger partial charge in [-0.1, -0.05) is 11.6 Å². The number of carbonyl (C=O) groups is 2. The first-order valence-electron chi connectivity index (χ1n) is 8.27. The second-order valence-electron chi connectivity index (χ2n) is 5.91. The summed E-state index contributed by atoms with van der Waals surface area (Å²) < 4.78 is 15.3. The molecule has 0 spiro atoms. The van der Waals surface area contributed by atoms with E-state index in [4.69, 9.17) is 25.8 Å². The number of esters is 1. The summed E-state index contributed by atoms with van der Waals surface area (Å²) in [6.45, 7) is -0.535. The molecule has 3 N–H and O–H groups in total. The molecule has 0 radical (unpaired) electrons. The maximum Gasteiger partial charge on any atom is 0.343 e. The highest BCUT2D eigenvalue weighted by Crippen LogP contribution is 2.24. The van der Waals surface area contributed by atoms with Crippen LogP contribution in [0.3, 0.4) is 0 Å². The van der Waals surface area contributed by atoms with Crippen molar-refractivity contribution in [1.29, 1.82) is 0 Å². The van der Waals surface area contributed by atoms with E-state index in [0.717, 1.165) is 16.5 Å². The number of aliphatic carboxylic acids is 1. The van der Waals surface area contributed by atoms with Gasteiger partial charge in [-0.15, -0.1) is 0 Å². The molecule has 0 unspecified atom stereocenters. The largest absolute Gasteiger partial charge is 0.479 e. The number of aromatic nitrogens is 3. The molecule has 148 valence electrons. The van der Waals surface area contributed by atoms with Crippen molar-refractivity contribution in [1.82, 2.24) is 15.0 Å². The molecule has 2 aromatic heterocycles. The first kappa shape index (κ1) is 19.9. The third-order valence-corrected chi connectivity index (χ3v) is 4.37. The molecule has 9 nitrogen and oxygen atoms in total. The lowest BCUT2D eigenvalue weighted by atomic mass is 10.1. The minimum atomic E-state index is -1.21. The summed E-state index contributed by atoms with van der Waals surface area (Å²) in [7, 11) is 1.34. The van der Waals surface area contributed by atoms with Crippen LogP contribution in [0.5, 0.6) is 0 Å². The third-order valence-electron chi connectivity index (χ3n) is 4.13. The van der Waals surface area contributed by atoms with Crippen LogP contribution in [-0.2, 0) is 30.2 Å². The Morgan fingerprint density at radius 3 is 2.82 bits per heavy atom. The average Bonchev–Trinajstić information content (AvgIpc) is 3.32. The van der Waals surface area contributed by atoms with Crippen molar-refractivity contribution in [2.45, 2.75) is 18.6 Å². The fourth-order valence-corrected chi connectivity index (χ4v) is 2.92. The van der Waals surface area contributed by atoms with Crippen LogP contribution in [0.15, 0.2) is 36.9 Å². The van der Waals surface area contributed by atoms with Gasteiger partial charge in [-0.3, -0.25) is 0 Å². The molecule has 10 heteroatoms. The molecule has 0 saturated carbocycles. The third kappa shape index (κ3) is 4.50. The van der Waals surface area contributed by atoms with Crippen molar-refractivity contribution in [3.8, 4) is 0 Å². The van der Waals surface area contributed by atoms with Gasteiger partial charge < -0.3 is 29.3 Å². The number of nitrogens with one attached hydrogen (secondary N) is 2. The van der Waals surface area contributed by atoms with Gasteiger partial charge in [-0.05, 0) is 23.8 Å². The molecule has 2 heterocycles. The molecule has 0 aliphatic heterocycles. The number of carboxylic acids is 1. The molecule has 3 aromatic rings. The number of fused-ring (bicyclic) bond motifs is 1. The highest BCUT2D eigenvalue weighted by molar-refractivity contribution is 6.31. The molecule has 2 atom stereocenters. The monoisotopic (exact) mass is 407 g/mol. The first-order chi connectivity index (χ1) is 13.5. The predicted octanol–water partition coefficient (Wildman–Crippen LogP) is 2.45. The van der Waals surface area contributed by atoms with E-state index in [2.05, 4.69) is 15.0 Å². The van der Waals surface area contributed by atoms with Gasteiger partial charge in [0.05, 0.1) is 18.2 Å². The van der Waals surface area contributed by atoms with Crippen LogP contribution in [0.2, 0.25) is 5.02 Å². The highest BCUT2D eigenvalue weighted by Gasteiger charge is 2.25. The number of nitrogens with zero attached hydrogens (tertiary/aromatic N) is 1. The second-order valence-corrected chi connectivity index (χ2v) is 6.34. The number of ether oxygens (including phenoxy) is 3. The predicted molar refractivity (Wildman–Crippen MR) is 98.8 cm³/mol. The number of hydrogen-bond donors (Lipinski definition) is 3. The van der Waals surface area contributed by atoms with Crippen molar-refractivity contribution in [2.75, 3.05) is 13.9 Å². The van der Waals surface area contributed by atoms with Gasteiger partial charge in [0.2, 0.25) is 0 Å². The minimum Gasteiger partial charge on any atom is -0.479 e. The molecule has 3 rings (SSSR count). The van der Waals surface area contributed by atoms with Gasteiger partial charge in [0, 0.05) is 35.7 Å². The van der Waals surface area contributed by atoms with E-state index in [1.54, 1.807) is 24.4 Å². The molecular weight excluding hydrogens is 390 g/mol. The van der Waals surface area contributed by atoms with Gasteiger partial charge in [-0.25, -0.2) is 14.6 Å². The van der Waals surface area contributed by atoms with Crippen molar-refractivity contribution in [3.05, 3.63) is 53.2 Å². The number of aromatic amines is 2. The van der Waals surface area contributed by atoms with Gasteiger partial charge in [-0.2, -0.15) is 0 Å². The van der Waals surface area contributed by atoms with Gasteiger partial charge in [0.25, 0.3) is 0 Å². The molecule has 1 aromatic carbocycles. The Labute approximate surface area is 164 Å². The van der Waals surface area contributed by atoms with E-state index in [9.17, 15) is 14.7 Å². The molecule has 0 fully saturated rings. The van der Waals surface area contributed by atoms with Crippen LogP contribution in [0.4, 0.5) is 0 Å². The Morgan fingerprint density at radius 2 is 2.14 bits per heavy atom. The molecule has 0 bridgehead atoms. The number of imidazole rings is 1. The zero-order chi connectivity index (χ0) is 20.1. The minimum absolute atomic E-state index is 0.0709. The fourth-order valence-electron chi connectivity index (χ4n) is 2.75. The molecule has 0 amide bonds. The van der Waals surface area contributed by atoms with E-state index in [1.807, 2.05) is 0 Å². The smallest absolute Gasteiger partial charge is 0.343 e. The van der Waals surface area contributed by atoms with E-state index < -0.39 is 30.9 Å². The molecular formula is C18H18ClN3O6. The maximum absolute atomic E-state index is 12.1. The molecule has 0 aliphatic carbocycles. The average molecular weight is 408 g/mol. The number of rotatable bonds is 9. The van der Waals surface area contributed by atoms with Crippen molar-refractivity contribution >= 4 is 34.4 Å². The zero-order valence-corrected chi connectivity index (χ0v) is 15.6. The number of carbonyl (C=O) groups excluding carboxylic acids is 1. The van der Waals surface area contributed by atoms with Gasteiger partial charge in [0.1, 0.15) is 0 Å². The van der Waals surface area contributed by atoms with Gasteiger partial charge in [0.15, 0.2) is 19.0 Å². The van der Waals surface area contributed by atoms with E-state index >= 15 is 0 Å². The maximum atomic E-state index is 12.1. The van der Waals surface area contributed by atoms with Crippen LogP contribution in [-0.4, -0.2) is 52.0 Å². The fraction of sp³-hybridized carbons (Fsp3) is 0.278. The Kier molecular flexibility index (Phi) is 6.30. The van der Waals surface area contributed by atoms with E-state index in [0.29, 0.717) is 10.7 Å². The number of methoxy groups -OCH3 is 1. The summed E-state index contributed by atoms with van der Waals surface area (Å²) in [4.78, 5) is 33.3. The van der Waals surface area contributed by atoms with Crippen LogP contribution >= 0.6 is 11.6 Å². The SMILES string of the molecule is CO[C@@H](C(=O)OCO[C@@H](Cc1c[nH]c2ccc(Cl)cc12)C(=O)O)c1cnc[nH]1. The topological polar surface area (TPSA) is 127 Å². The molecule has 0 saturated heterocycles. The summed E-state index contributed by atoms with van der Waals surface area (Å²) in [5.74, 6) is -1.90. The first-order valence-corrected chi connectivity index (χ1v) is 8.65. The number of halogens is 1. The van der Waals surface area contributed by atoms with Gasteiger partial charge >= 0.3 is 11.9 Å². The van der Waals surface area contributed by atoms with Crippen LogP contribution in [0.25, 0.3) is 10.9 Å². The number of benzene rings is 1. The Morgan fingerprint density at radius 1 is 1.32 bits per heavy atom. The van der Waals surface area contributed by atoms with Crippen LogP contribution in [0, 0.1) is 0 Å². The van der Waals surface area contributed by atoms with E-state index in [1.165, 1.54) is 19.6 Å². The second kappa shape index (κ2) is 8.87. The van der Waals surface area contributed by atoms with Crippen molar-refractivity contribution < 1.29 is 28.9 Å². The number of H-pyrrole nitrogens is 2. The summed E-state index contributed by atoms with van der Waals surface area (Å²) >= 11 is 6.01. The summed E-state index contributed by atoms with van der Waals surface area (Å²) in [5.41, 5.74) is 1.97. The number of carboxylic acid groups (broad SMARTS) is 1. The summed E-state index contributed by atoms with van der Waals surface area (Å²) in [6, 6.07) is 5.29. The van der Waals surface area contributed by atoms with Crippen molar-refractivity contribution in [2.24, 2.45) is 0 Å². The zero-order valence-electron chi connectivity index (χ0n) is 14.8. The quantitative estimate of drug-likeness (QED) is 0.367. The summed E-state index contributed by atoms with van der Waals surface area (Å²) in [6.07, 6.45) is 2.38. The lowest BCUT2D eigenvalue weighted by Gasteiger charge is -2.16. The van der Waals surface area contributed by atoms with E-state index in [-0.39, 0.29) is 6.42 Å². The highest BCUT2D eigenvalue weighted by atomic mass is 35.5. The van der Waals surface area contributed by atoms with Crippen LogP contribution < -0.4 is 0 Å². The van der Waals surface area contributed by atoms with Crippen molar-refractivity contribution in [3.63, 3.8) is 0 Å². The Bertz CT molecular complexity index is 956. The molecule has 0 aliphatic rings. The summed E-state index contributed by atoms with van der Waals surface area (Å²) in [5, 5.41) is 10.8. The molecule has 28 heavy (non-hydrogen) atoms. The lowest BCUT2D eigenvalue weighted by molar-refractivity contribution is -0.179. The number of hydrogen-bond acceptors (Lipinski definition) is 6. The lowest BCUT2D eigenvalue weighted by Crippen LogP contribution is -2.29. The standard InChI is InChI=1S/C18H18ClN3O6/c1-26-16(14-7-20-8-22-14)18(25)28-9-27-15(17(23)24)4-10-6-21-13-3-2-11(19)5-12(10)13/h2-3,5-8,15-16,21H,4,9H2,1H3,(H,20,22)(H,23,24)/t15-,16+/m0/s1. The Hall–Kier alpha value is -2.88. The van der Waals surface area contributed by atoms with Crippen LogP contribution in [0.1, 0.15) is 17.4 Å².